The van der Waals surface area contributed by atoms with Gasteiger partial charge in [0.2, 0.25) is 21.8 Å². The highest BCUT2D eigenvalue weighted by Crippen LogP contribution is 2.26. The molecule has 2 amide bonds. The zero-order chi connectivity index (χ0) is 23.9. The second kappa shape index (κ2) is 11.3. The molecular weight excluding hydrogens is 450 g/mol. The van der Waals surface area contributed by atoms with Crippen molar-refractivity contribution >= 4 is 39.1 Å². The van der Waals surface area contributed by atoms with Crippen LogP contribution in [0.4, 0.5) is 5.69 Å². The Labute approximate surface area is 195 Å². The molecule has 0 saturated carbocycles. The maximum Gasteiger partial charge on any atom is 0.242 e. The van der Waals surface area contributed by atoms with Gasteiger partial charge in [-0.05, 0) is 43.5 Å². The standard InChI is InChI=1S/C23H30ClN3O4S/c1-17-12-13-20(24)15-21(17)27(32(4,30)31)14-8-11-22(28)26(18(2)23(29)25-3)16-19-9-6-5-7-10-19/h5-7,9-10,12-13,15,18H,8,11,14,16H2,1-4H3,(H,25,29)/t18-/m1/s1. The molecule has 7 nitrogen and oxygen atoms in total. The van der Waals surface area contributed by atoms with Crippen LogP contribution in [0.2, 0.25) is 5.02 Å². The van der Waals surface area contributed by atoms with Gasteiger partial charge >= 0.3 is 0 Å². The number of anilines is 1. The molecular formula is C23H30ClN3O4S. The van der Waals surface area contributed by atoms with Crippen molar-refractivity contribution < 1.29 is 18.0 Å². The predicted octanol–water partition coefficient (Wildman–Crippen LogP) is 3.36. The highest BCUT2D eigenvalue weighted by atomic mass is 35.5. The Balaban J connectivity index is 2.16. The topological polar surface area (TPSA) is 86.8 Å². The van der Waals surface area contributed by atoms with Crippen LogP contribution in [0.25, 0.3) is 0 Å². The van der Waals surface area contributed by atoms with E-state index in [1.54, 1.807) is 25.1 Å². The number of aryl methyl sites for hydroxylation is 1. The number of hydrogen-bond donors (Lipinski definition) is 1. The average Bonchev–Trinajstić information content (AvgIpc) is 2.75. The Morgan fingerprint density at radius 3 is 2.38 bits per heavy atom. The van der Waals surface area contributed by atoms with Crippen LogP contribution in [0.5, 0.6) is 0 Å². The lowest BCUT2D eigenvalue weighted by atomic mass is 10.1. The molecule has 0 unspecified atom stereocenters. The number of nitrogens with one attached hydrogen (secondary N) is 1. The first-order chi connectivity index (χ1) is 15.0. The molecule has 2 aromatic rings. The van der Waals surface area contributed by atoms with Crippen LogP contribution in [0.1, 0.15) is 30.9 Å². The Kier molecular flexibility index (Phi) is 9.09. The van der Waals surface area contributed by atoms with Gasteiger partial charge in [-0.3, -0.25) is 13.9 Å². The van der Waals surface area contributed by atoms with Crippen LogP contribution in [0, 0.1) is 6.92 Å². The molecule has 0 aliphatic carbocycles. The van der Waals surface area contributed by atoms with Crippen LogP contribution >= 0.6 is 11.6 Å². The Morgan fingerprint density at radius 2 is 1.78 bits per heavy atom. The van der Waals surface area contributed by atoms with Crippen molar-refractivity contribution in [3.63, 3.8) is 0 Å². The summed E-state index contributed by atoms with van der Waals surface area (Å²) in [6.07, 6.45) is 1.52. The molecule has 0 aliphatic heterocycles. The zero-order valence-electron chi connectivity index (χ0n) is 18.8. The van der Waals surface area contributed by atoms with Gasteiger partial charge in [-0.25, -0.2) is 8.42 Å². The SMILES string of the molecule is CNC(=O)[C@@H](C)N(Cc1ccccc1)C(=O)CCCN(c1cc(Cl)ccc1C)S(C)(=O)=O. The van der Waals surface area contributed by atoms with E-state index < -0.39 is 16.1 Å². The molecule has 174 valence electrons. The van der Waals surface area contributed by atoms with Crippen LogP contribution in [0.15, 0.2) is 48.5 Å². The molecule has 0 bridgehead atoms. The van der Waals surface area contributed by atoms with E-state index in [0.717, 1.165) is 17.4 Å². The van der Waals surface area contributed by atoms with Crippen molar-refractivity contribution in [3.05, 3.63) is 64.7 Å². The van der Waals surface area contributed by atoms with Crippen molar-refractivity contribution in [2.75, 3.05) is 24.2 Å². The van der Waals surface area contributed by atoms with Crippen molar-refractivity contribution in [1.82, 2.24) is 10.2 Å². The van der Waals surface area contributed by atoms with Gasteiger partial charge in [0, 0.05) is 31.6 Å². The number of nitrogens with zero attached hydrogens (tertiary/aromatic N) is 2. The smallest absolute Gasteiger partial charge is 0.242 e. The van der Waals surface area contributed by atoms with Gasteiger partial charge in [-0.2, -0.15) is 0 Å². The molecule has 1 atom stereocenters. The third kappa shape index (κ3) is 6.97. The van der Waals surface area contributed by atoms with Crippen LogP contribution in [0.3, 0.4) is 0 Å². The number of benzene rings is 2. The fourth-order valence-electron chi connectivity index (χ4n) is 3.41. The number of sulfonamides is 1. The molecule has 0 aliphatic rings. The lowest BCUT2D eigenvalue weighted by Gasteiger charge is -2.29. The first-order valence-electron chi connectivity index (χ1n) is 10.3. The maximum absolute atomic E-state index is 13.1. The van der Waals surface area contributed by atoms with Crippen molar-refractivity contribution in [1.29, 1.82) is 0 Å². The van der Waals surface area contributed by atoms with Gasteiger partial charge in [-0.1, -0.05) is 48.0 Å². The van der Waals surface area contributed by atoms with Crippen LogP contribution < -0.4 is 9.62 Å². The van der Waals surface area contributed by atoms with Gasteiger partial charge in [0.1, 0.15) is 6.04 Å². The molecule has 0 heterocycles. The third-order valence-corrected chi connectivity index (χ3v) is 6.62. The molecule has 0 saturated heterocycles. The number of hydrogen-bond acceptors (Lipinski definition) is 4. The summed E-state index contributed by atoms with van der Waals surface area (Å²) >= 11 is 6.07. The van der Waals surface area contributed by atoms with Gasteiger partial charge in [-0.15, -0.1) is 0 Å². The predicted molar refractivity (Wildman–Crippen MR) is 128 cm³/mol. The van der Waals surface area contributed by atoms with Gasteiger partial charge in [0.15, 0.2) is 0 Å². The van der Waals surface area contributed by atoms with Crippen molar-refractivity contribution in [2.45, 2.75) is 39.3 Å². The molecule has 2 rings (SSSR count). The summed E-state index contributed by atoms with van der Waals surface area (Å²) < 4.78 is 26.1. The third-order valence-electron chi connectivity index (χ3n) is 5.20. The number of halogens is 1. The van der Waals surface area contributed by atoms with E-state index in [2.05, 4.69) is 5.32 Å². The van der Waals surface area contributed by atoms with E-state index in [4.69, 9.17) is 11.6 Å². The highest BCUT2D eigenvalue weighted by Gasteiger charge is 2.26. The molecule has 9 heteroatoms. The molecule has 32 heavy (non-hydrogen) atoms. The van der Waals surface area contributed by atoms with E-state index in [9.17, 15) is 18.0 Å². The Morgan fingerprint density at radius 1 is 1.12 bits per heavy atom. The first kappa shape index (κ1) is 25.7. The fraction of sp³-hybridized carbons (Fsp3) is 0.391. The number of amides is 2. The number of likely N-dealkylation sites (N-methyl/N-ethyl adjacent to an activating group) is 1. The maximum atomic E-state index is 13.1. The van der Waals surface area contributed by atoms with E-state index in [1.165, 1.54) is 16.3 Å². The Bertz CT molecular complexity index is 1040. The molecule has 0 spiro atoms. The summed E-state index contributed by atoms with van der Waals surface area (Å²) in [5, 5.41) is 3.01. The summed E-state index contributed by atoms with van der Waals surface area (Å²) in [6.45, 7) is 3.90. The van der Waals surface area contributed by atoms with E-state index in [-0.39, 0.29) is 31.3 Å². The van der Waals surface area contributed by atoms with Crippen molar-refractivity contribution in [3.8, 4) is 0 Å². The number of rotatable bonds is 10. The minimum Gasteiger partial charge on any atom is -0.357 e. The summed E-state index contributed by atoms with van der Waals surface area (Å²) in [4.78, 5) is 26.8. The van der Waals surface area contributed by atoms with E-state index >= 15 is 0 Å². The highest BCUT2D eigenvalue weighted by molar-refractivity contribution is 7.92. The fourth-order valence-corrected chi connectivity index (χ4v) is 4.59. The average molecular weight is 480 g/mol. The zero-order valence-corrected chi connectivity index (χ0v) is 20.4. The quantitative estimate of drug-likeness (QED) is 0.566. The number of carbonyl (C=O) groups is 2. The second-order valence-corrected chi connectivity index (χ2v) is 10.0. The van der Waals surface area contributed by atoms with E-state index in [1.807, 2.05) is 37.3 Å². The minimum atomic E-state index is -3.57. The second-order valence-electron chi connectivity index (χ2n) is 7.67. The van der Waals surface area contributed by atoms with Gasteiger partial charge in [0.25, 0.3) is 0 Å². The van der Waals surface area contributed by atoms with Gasteiger partial charge < -0.3 is 10.2 Å². The normalized spacial score (nSPS) is 12.2. The summed E-state index contributed by atoms with van der Waals surface area (Å²) in [5.74, 6) is -0.484. The molecule has 0 radical (unpaired) electrons. The summed E-state index contributed by atoms with van der Waals surface area (Å²) in [5.41, 5.74) is 2.17. The molecule has 0 fully saturated rings. The first-order valence-corrected chi connectivity index (χ1v) is 12.6. The lowest BCUT2D eigenvalue weighted by molar-refractivity contribution is -0.140. The minimum absolute atomic E-state index is 0.0970. The number of carbonyl (C=O) groups excluding carboxylic acids is 2. The Hall–Kier alpha value is -2.58. The summed E-state index contributed by atoms with van der Waals surface area (Å²) in [6, 6.07) is 13.8. The molecule has 0 aromatic heterocycles. The summed E-state index contributed by atoms with van der Waals surface area (Å²) in [7, 11) is -2.04. The van der Waals surface area contributed by atoms with E-state index in [0.29, 0.717) is 17.1 Å². The molecule has 2 aromatic carbocycles. The van der Waals surface area contributed by atoms with Crippen LogP contribution in [-0.2, 0) is 26.2 Å². The molecule has 1 N–H and O–H groups in total. The van der Waals surface area contributed by atoms with Crippen molar-refractivity contribution in [2.24, 2.45) is 0 Å². The monoisotopic (exact) mass is 479 g/mol. The van der Waals surface area contributed by atoms with Gasteiger partial charge in [0.05, 0.1) is 11.9 Å². The lowest BCUT2D eigenvalue weighted by Crippen LogP contribution is -2.46. The van der Waals surface area contributed by atoms with Crippen LogP contribution in [-0.4, -0.2) is 51.0 Å². The largest absolute Gasteiger partial charge is 0.357 e.